The van der Waals surface area contributed by atoms with Gasteiger partial charge in [0.15, 0.2) is 9.84 Å². The van der Waals surface area contributed by atoms with Crippen molar-refractivity contribution < 1.29 is 17.6 Å². The Bertz CT molecular complexity index is 1100. The summed E-state index contributed by atoms with van der Waals surface area (Å²) in [6.45, 7) is 0.274. The summed E-state index contributed by atoms with van der Waals surface area (Å²) >= 11 is 1.29. The SMILES string of the molecule is O=C(NCc1ccc(F)cc1)c1cc2c(s1)-c1ccccc1S(=O)(=O)C2. The minimum Gasteiger partial charge on any atom is -0.347 e. The number of fused-ring (bicyclic) bond motifs is 3. The zero-order valence-corrected chi connectivity index (χ0v) is 15.2. The lowest BCUT2D eigenvalue weighted by Crippen LogP contribution is -2.21. The van der Waals surface area contributed by atoms with Crippen molar-refractivity contribution in [1.29, 1.82) is 0 Å². The van der Waals surface area contributed by atoms with Gasteiger partial charge in [0.25, 0.3) is 5.91 Å². The van der Waals surface area contributed by atoms with Gasteiger partial charge in [0, 0.05) is 17.0 Å². The van der Waals surface area contributed by atoms with E-state index in [1.807, 2.05) is 0 Å². The summed E-state index contributed by atoms with van der Waals surface area (Å²) in [5, 5.41) is 2.79. The highest BCUT2D eigenvalue weighted by atomic mass is 32.2. The number of rotatable bonds is 3. The molecule has 0 saturated carbocycles. The Labute approximate surface area is 154 Å². The standard InChI is InChI=1S/C19H14FNO3S2/c20-14-7-5-12(6-8-14)10-21-19(22)16-9-13-11-26(23,24)17-4-2-1-3-15(17)18(13)25-16/h1-9H,10-11H2,(H,21,22). The van der Waals surface area contributed by atoms with Gasteiger partial charge in [-0.3, -0.25) is 4.79 Å². The monoisotopic (exact) mass is 387 g/mol. The number of carbonyl (C=O) groups excluding carboxylic acids is 1. The van der Waals surface area contributed by atoms with Crippen LogP contribution in [0.1, 0.15) is 20.8 Å². The number of halogens is 1. The van der Waals surface area contributed by atoms with Crippen molar-refractivity contribution in [2.75, 3.05) is 0 Å². The van der Waals surface area contributed by atoms with E-state index in [-0.39, 0.29) is 24.0 Å². The second kappa shape index (κ2) is 6.34. The van der Waals surface area contributed by atoms with E-state index in [2.05, 4.69) is 5.32 Å². The summed E-state index contributed by atoms with van der Waals surface area (Å²) in [5.74, 6) is -0.698. The Kier molecular flexibility index (Phi) is 4.13. The molecular formula is C19H14FNO3S2. The fraction of sp³-hybridized carbons (Fsp3) is 0.105. The lowest BCUT2D eigenvalue weighted by Gasteiger charge is -2.15. The Morgan fingerprint density at radius 1 is 1.12 bits per heavy atom. The van der Waals surface area contributed by atoms with Crippen LogP contribution >= 0.6 is 11.3 Å². The first-order valence-electron chi connectivity index (χ1n) is 7.91. The molecule has 0 aliphatic carbocycles. The van der Waals surface area contributed by atoms with Gasteiger partial charge in [-0.05, 0) is 35.4 Å². The maximum Gasteiger partial charge on any atom is 0.261 e. The molecule has 26 heavy (non-hydrogen) atoms. The Morgan fingerprint density at radius 2 is 1.85 bits per heavy atom. The minimum atomic E-state index is -3.39. The smallest absolute Gasteiger partial charge is 0.261 e. The molecule has 3 aromatic rings. The highest BCUT2D eigenvalue weighted by Crippen LogP contribution is 2.42. The number of sulfone groups is 1. The quantitative estimate of drug-likeness (QED) is 0.744. The number of nitrogens with one attached hydrogen (secondary N) is 1. The number of hydrogen-bond donors (Lipinski definition) is 1. The molecular weight excluding hydrogens is 373 g/mol. The van der Waals surface area contributed by atoms with Gasteiger partial charge >= 0.3 is 0 Å². The second-order valence-electron chi connectivity index (χ2n) is 6.03. The van der Waals surface area contributed by atoms with Crippen molar-refractivity contribution in [2.24, 2.45) is 0 Å². The number of carbonyl (C=O) groups is 1. The third kappa shape index (κ3) is 3.04. The molecule has 2 heterocycles. The highest BCUT2D eigenvalue weighted by Gasteiger charge is 2.30. The fourth-order valence-electron chi connectivity index (χ4n) is 2.96. The Balaban J connectivity index is 1.60. The summed E-state index contributed by atoms with van der Waals surface area (Å²) in [5.41, 5.74) is 2.09. The molecule has 0 atom stereocenters. The third-order valence-corrected chi connectivity index (χ3v) is 7.14. The predicted octanol–water partition coefficient (Wildman–Crippen LogP) is 3.77. The van der Waals surface area contributed by atoms with Crippen LogP contribution in [0.4, 0.5) is 4.39 Å². The molecule has 0 bridgehead atoms. The topological polar surface area (TPSA) is 63.2 Å². The van der Waals surface area contributed by atoms with Crippen LogP contribution in [0.2, 0.25) is 0 Å². The molecule has 0 fully saturated rings. The highest BCUT2D eigenvalue weighted by molar-refractivity contribution is 7.91. The van der Waals surface area contributed by atoms with E-state index in [1.54, 1.807) is 42.5 Å². The van der Waals surface area contributed by atoms with E-state index < -0.39 is 9.84 Å². The lowest BCUT2D eigenvalue weighted by atomic mass is 10.1. The van der Waals surface area contributed by atoms with Crippen LogP contribution in [0.15, 0.2) is 59.5 Å². The van der Waals surface area contributed by atoms with Crippen molar-refractivity contribution in [3.8, 4) is 10.4 Å². The molecule has 0 saturated heterocycles. The average Bonchev–Trinajstić information content (AvgIpc) is 3.04. The zero-order valence-electron chi connectivity index (χ0n) is 13.5. The molecule has 1 aliphatic rings. The summed E-state index contributed by atoms with van der Waals surface area (Å²) in [7, 11) is -3.39. The van der Waals surface area contributed by atoms with Crippen LogP contribution in [0.25, 0.3) is 10.4 Å². The Morgan fingerprint density at radius 3 is 2.62 bits per heavy atom. The van der Waals surface area contributed by atoms with E-state index in [4.69, 9.17) is 0 Å². The summed E-state index contributed by atoms with van der Waals surface area (Å²) in [4.78, 5) is 14.0. The van der Waals surface area contributed by atoms with Crippen molar-refractivity contribution in [3.05, 3.63) is 76.4 Å². The van der Waals surface area contributed by atoms with E-state index in [9.17, 15) is 17.6 Å². The Hall–Kier alpha value is -2.51. The van der Waals surface area contributed by atoms with Crippen LogP contribution in [-0.2, 0) is 22.1 Å². The third-order valence-electron chi connectivity index (χ3n) is 4.21. The van der Waals surface area contributed by atoms with Gasteiger partial charge in [0.1, 0.15) is 5.82 Å². The van der Waals surface area contributed by atoms with Gasteiger partial charge in [-0.2, -0.15) is 0 Å². The number of benzene rings is 2. The van der Waals surface area contributed by atoms with Gasteiger partial charge < -0.3 is 5.32 Å². The van der Waals surface area contributed by atoms with E-state index in [0.29, 0.717) is 20.9 Å². The molecule has 1 amide bonds. The largest absolute Gasteiger partial charge is 0.347 e. The molecule has 132 valence electrons. The number of hydrogen-bond acceptors (Lipinski definition) is 4. The molecule has 0 radical (unpaired) electrons. The second-order valence-corrected chi connectivity index (χ2v) is 9.04. The first-order chi connectivity index (χ1) is 12.4. The molecule has 4 rings (SSSR count). The lowest BCUT2D eigenvalue weighted by molar-refractivity contribution is 0.0955. The maximum absolute atomic E-state index is 12.9. The molecule has 2 aromatic carbocycles. The van der Waals surface area contributed by atoms with E-state index >= 15 is 0 Å². The van der Waals surface area contributed by atoms with Crippen LogP contribution < -0.4 is 5.32 Å². The van der Waals surface area contributed by atoms with E-state index in [1.165, 1.54) is 23.5 Å². The minimum absolute atomic E-state index is 0.0961. The van der Waals surface area contributed by atoms with Crippen molar-refractivity contribution in [1.82, 2.24) is 5.32 Å². The average molecular weight is 387 g/mol. The van der Waals surface area contributed by atoms with Crippen molar-refractivity contribution in [2.45, 2.75) is 17.2 Å². The van der Waals surface area contributed by atoms with Crippen LogP contribution in [0, 0.1) is 5.82 Å². The first kappa shape index (κ1) is 16.9. The van der Waals surface area contributed by atoms with Gasteiger partial charge in [0.2, 0.25) is 0 Å². The van der Waals surface area contributed by atoms with Gasteiger partial charge in [-0.1, -0.05) is 30.3 Å². The van der Waals surface area contributed by atoms with Crippen molar-refractivity contribution >= 4 is 27.1 Å². The summed E-state index contributed by atoms with van der Waals surface area (Å²) in [6, 6.07) is 14.4. The molecule has 1 aliphatic heterocycles. The van der Waals surface area contributed by atoms with Gasteiger partial charge in [0.05, 0.1) is 15.5 Å². The normalized spacial score (nSPS) is 14.3. The van der Waals surface area contributed by atoms with Gasteiger partial charge in [-0.15, -0.1) is 11.3 Å². The van der Waals surface area contributed by atoms with Gasteiger partial charge in [-0.25, -0.2) is 12.8 Å². The molecule has 1 aromatic heterocycles. The summed E-state index contributed by atoms with van der Waals surface area (Å²) < 4.78 is 37.8. The van der Waals surface area contributed by atoms with Crippen LogP contribution in [0.5, 0.6) is 0 Å². The predicted molar refractivity (Wildman–Crippen MR) is 98.2 cm³/mol. The summed E-state index contributed by atoms with van der Waals surface area (Å²) in [6.07, 6.45) is 0. The first-order valence-corrected chi connectivity index (χ1v) is 10.4. The van der Waals surface area contributed by atoms with E-state index in [0.717, 1.165) is 10.4 Å². The van der Waals surface area contributed by atoms with Crippen LogP contribution in [0.3, 0.4) is 0 Å². The fourth-order valence-corrected chi connectivity index (χ4v) is 5.83. The molecule has 1 N–H and O–H groups in total. The molecule has 4 nitrogen and oxygen atoms in total. The zero-order chi connectivity index (χ0) is 18.3. The molecule has 7 heteroatoms. The molecule has 0 spiro atoms. The number of amides is 1. The van der Waals surface area contributed by atoms with Crippen LogP contribution in [-0.4, -0.2) is 14.3 Å². The maximum atomic E-state index is 12.9. The molecule has 0 unspecified atom stereocenters. The van der Waals surface area contributed by atoms with Crippen molar-refractivity contribution in [3.63, 3.8) is 0 Å². The number of thiophene rings is 1.